The number of rotatable bonds is 0. The van der Waals surface area contributed by atoms with E-state index < -0.39 is 0 Å². The van der Waals surface area contributed by atoms with Gasteiger partial charge in [0.25, 0.3) is 0 Å². The van der Waals surface area contributed by atoms with Crippen molar-refractivity contribution < 1.29 is 4.74 Å². The molecule has 0 bridgehead atoms. The van der Waals surface area contributed by atoms with Crippen LogP contribution >= 0.6 is 0 Å². The van der Waals surface area contributed by atoms with Crippen molar-refractivity contribution in [1.29, 1.82) is 0 Å². The van der Waals surface area contributed by atoms with Crippen molar-refractivity contribution >= 4 is 13.9 Å². The van der Waals surface area contributed by atoms with Gasteiger partial charge in [0.15, 0.2) is 0 Å². The summed E-state index contributed by atoms with van der Waals surface area (Å²) < 4.78 is 5.17. The first-order valence-electron chi connectivity index (χ1n) is 2.56. The first-order valence-corrected chi connectivity index (χ1v) is 6.70. The minimum absolute atomic E-state index is 0.106. The van der Waals surface area contributed by atoms with Crippen molar-refractivity contribution in [2.45, 2.75) is 16.5 Å². The van der Waals surface area contributed by atoms with E-state index in [4.69, 9.17) is 4.74 Å². The summed E-state index contributed by atoms with van der Waals surface area (Å²) in [6.07, 6.45) is 0. The van der Waals surface area contributed by atoms with Gasteiger partial charge in [0.1, 0.15) is 0 Å². The predicted octanol–water partition coefficient (Wildman–Crippen LogP) is 1.14. The summed E-state index contributed by atoms with van der Waals surface area (Å²) in [5, 5.41) is 2.78. The first-order chi connectivity index (χ1) is 3.39. The van der Waals surface area contributed by atoms with E-state index in [0.717, 1.165) is 13.2 Å². The molecule has 0 unspecified atom stereocenters. The second-order valence-corrected chi connectivity index (χ2v) is 6.79. The van der Waals surface area contributed by atoms with Crippen molar-refractivity contribution in [1.82, 2.24) is 0 Å². The molecule has 0 spiro atoms. The van der Waals surface area contributed by atoms with E-state index in [9.17, 15) is 0 Å². The topological polar surface area (TPSA) is 9.23 Å². The Kier molecular flexibility index (Phi) is 2.17. The third-order valence-electron chi connectivity index (χ3n) is 1.15. The maximum atomic E-state index is 5.17. The molecule has 1 fully saturated rings. The molecule has 1 saturated heterocycles. The Balaban J connectivity index is 2.12. The summed E-state index contributed by atoms with van der Waals surface area (Å²) in [4.78, 5) is 0. The van der Waals surface area contributed by atoms with Gasteiger partial charge in [-0.15, -0.1) is 0 Å². The number of ether oxygens (including phenoxy) is 1. The van der Waals surface area contributed by atoms with Gasteiger partial charge >= 0.3 is 48.3 Å². The Morgan fingerprint density at radius 2 is 1.86 bits per heavy atom. The van der Waals surface area contributed by atoms with Gasteiger partial charge in [0, 0.05) is 0 Å². The molecule has 2 heteroatoms. The van der Waals surface area contributed by atoms with Crippen molar-refractivity contribution in [3.63, 3.8) is 0 Å². The second kappa shape index (κ2) is 2.71. The maximum absolute atomic E-state index is 5.17. The Morgan fingerprint density at radius 1 is 1.29 bits per heavy atom. The van der Waals surface area contributed by atoms with Gasteiger partial charge < -0.3 is 0 Å². The first kappa shape index (κ1) is 5.61. The summed E-state index contributed by atoms with van der Waals surface area (Å²) in [6.45, 7) is 2.09. The molecule has 0 atom stereocenters. The van der Waals surface area contributed by atoms with Crippen LogP contribution in [0.2, 0.25) is 16.5 Å². The molecule has 0 radical (unpaired) electrons. The van der Waals surface area contributed by atoms with Crippen LogP contribution in [0.1, 0.15) is 0 Å². The fourth-order valence-electron chi connectivity index (χ4n) is 0.606. The van der Waals surface area contributed by atoms with Crippen molar-refractivity contribution in [3.8, 4) is 0 Å². The molecule has 0 saturated carbocycles. The third kappa shape index (κ3) is 1.81. The molecule has 0 N–H and O–H groups in total. The molecule has 0 aromatic heterocycles. The van der Waals surface area contributed by atoms with Crippen LogP contribution in [0.15, 0.2) is 0 Å². The third-order valence-corrected chi connectivity index (χ3v) is 4.78. The van der Waals surface area contributed by atoms with Gasteiger partial charge in [-0.3, -0.25) is 0 Å². The van der Waals surface area contributed by atoms with Crippen molar-refractivity contribution in [2.75, 3.05) is 13.2 Å². The van der Waals surface area contributed by atoms with Crippen LogP contribution in [0.4, 0.5) is 0 Å². The van der Waals surface area contributed by atoms with E-state index in [1.165, 1.54) is 10.6 Å². The molecular weight excluding hydrogens is 155 g/mol. The molecule has 1 rings (SSSR count). The van der Waals surface area contributed by atoms with Crippen LogP contribution in [-0.4, -0.2) is 27.1 Å². The molecule has 0 aliphatic carbocycles. The van der Waals surface area contributed by atoms with E-state index in [2.05, 4.69) is 5.82 Å². The molecule has 1 nitrogen and oxygen atoms in total. The molecule has 0 aromatic carbocycles. The second-order valence-electron chi connectivity index (χ2n) is 1.80. The number of hydrogen-bond acceptors (Lipinski definition) is 1. The fraction of sp³-hybridized carbons (Fsp3) is 1.00. The minimum atomic E-state index is -0.106. The van der Waals surface area contributed by atoms with E-state index in [1.54, 1.807) is 0 Å². The summed E-state index contributed by atoms with van der Waals surface area (Å²) in [5.41, 5.74) is 0. The Hall–Kier alpha value is 0.479. The standard InChI is InChI=1S/C5H11OSe/c1-7-4-2-6-3-5-7/h2-5H2,1H3/q+1. The Bertz CT molecular complexity index is 50.0. The van der Waals surface area contributed by atoms with Gasteiger partial charge in [0.2, 0.25) is 0 Å². The molecular formula is C5H11OSe+. The van der Waals surface area contributed by atoms with E-state index in [-0.39, 0.29) is 13.9 Å². The normalized spacial score (nSPS) is 25.3. The van der Waals surface area contributed by atoms with E-state index in [0.29, 0.717) is 0 Å². The van der Waals surface area contributed by atoms with Crippen LogP contribution in [0.3, 0.4) is 0 Å². The van der Waals surface area contributed by atoms with Gasteiger partial charge in [-0.05, 0) is 0 Å². The summed E-state index contributed by atoms with van der Waals surface area (Å²) in [7, 11) is 0. The number of hydrogen-bond donors (Lipinski definition) is 0. The van der Waals surface area contributed by atoms with Crippen LogP contribution in [0.5, 0.6) is 0 Å². The zero-order valence-corrected chi connectivity index (χ0v) is 6.36. The fourth-order valence-corrected chi connectivity index (χ4v) is 2.72. The molecule has 0 amide bonds. The van der Waals surface area contributed by atoms with Gasteiger partial charge in [-0.1, -0.05) is 0 Å². The quantitative estimate of drug-likeness (QED) is 0.490. The Labute approximate surface area is 48.9 Å². The summed E-state index contributed by atoms with van der Waals surface area (Å²) in [5.74, 6) is 2.41. The zero-order chi connectivity index (χ0) is 5.11. The molecule has 1 aliphatic heterocycles. The van der Waals surface area contributed by atoms with Gasteiger partial charge in [0.05, 0.1) is 0 Å². The predicted molar refractivity (Wildman–Crippen MR) is 32.1 cm³/mol. The van der Waals surface area contributed by atoms with Gasteiger partial charge in [-0.2, -0.15) is 0 Å². The molecule has 0 aromatic rings. The van der Waals surface area contributed by atoms with E-state index in [1.807, 2.05) is 0 Å². The van der Waals surface area contributed by atoms with Crippen LogP contribution < -0.4 is 0 Å². The molecule has 1 heterocycles. The Morgan fingerprint density at radius 3 is 2.14 bits per heavy atom. The zero-order valence-electron chi connectivity index (χ0n) is 4.64. The molecule has 1 aliphatic rings. The van der Waals surface area contributed by atoms with Crippen LogP contribution in [-0.2, 0) is 4.74 Å². The van der Waals surface area contributed by atoms with Crippen LogP contribution in [0.25, 0.3) is 0 Å². The average Bonchev–Trinajstić information content (AvgIpc) is 1.69. The van der Waals surface area contributed by atoms with Crippen LogP contribution in [0, 0.1) is 0 Å². The SMILES string of the molecule is C[Se+]1CCOCC1. The summed E-state index contributed by atoms with van der Waals surface area (Å²) >= 11 is -0.106. The van der Waals surface area contributed by atoms with E-state index >= 15 is 0 Å². The van der Waals surface area contributed by atoms with Gasteiger partial charge in [-0.25, -0.2) is 0 Å². The van der Waals surface area contributed by atoms with Crippen molar-refractivity contribution in [2.24, 2.45) is 0 Å². The molecule has 7 heavy (non-hydrogen) atoms. The summed E-state index contributed by atoms with van der Waals surface area (Å²) in [6, 6.07) is 0. The monoisotopic (exact) mass is 167 g/mol. The molecule has 42 valence electrons. The van der Waals surface area contributed by atoms with Crippen molar-refractivity contribution in [3.05, 3.63) is 0 Å². The average molecular weight is 166 g/mol.